The minimum absolute atomic E-state index is 0.0316. The lowest BCUT2D eigenvalue weighted by atomic mass is 10.1. The van der Waals surface area contributed by atoms with E-state index in [1.165, 1.54) is 18.3 Å². The number of carbonyl (C=O) groups excluding carboxylic acids is 1. The van der Waals surface area contributed by atoms with Crippen LogP contribution >= 0.6 is 11.3 Å². The van der Waals surface area contributed by atoms with Gasteiger partial charge >= 0.3 is 0 Å². The van der Waals surface area contributed by atoms with Gasteiger partial charge < -0.3 is 14.2 Å². The van der Waals surface area contributed by atoms with E-state index < -0.39 is 5.82 Å². The number of hydrogen-bond donors (Lipinski definition) is 0. The monoisotopic (exact) mass is 372 g/mol. The highest BCUT2D eigenvalue weighted by molar-refractivity contribution is 7.08. The number of nitrogens with zero attached hydrogens (tertiary/aromatic N) is 4. The fourth-order valence-electron chi connectivity index (χ4n) is 3.04. The lowest BCUT2D eigenvalue weighted by Gasteiger charge is -2.34. The number of hydrogen-bond acceptors (Lipinski definition) is 5. The van der Waals surface area contributed by atoms with Gasteiger partial charge in [-0.1, -0.05) is 0 Å². The number of ether oxygens (including phenoxy) is 1. The van der Waals surface area contributed by atoms with E-state index in [1.54, 1.807) is 28.8 Å². The van der Waals surface area contributed by atoms with Gasteiger partial charge in [-0.2, -0.15) is 11.3 Å². The Balaban J connectivity index is 1.47. The first-order chi connectivity index (χ1) is 12.7. The Bertz CT molecular complexity index is 896. The third-order valence-corrected chi connectivity index (χ3v) is 5.08. The van der Waals surface area contributed by atoms with Gasteiger partial charge in [-0.15, -0.1) is 0 Å². The predicted molar refractivity (Wildman–Crippen MR) is 94.4 cm³/mol. The molecule has 134 valence electrons. The van der Waals surface area contributed by atoms with Gasteiger partial charge in [0.25, 0.3) is 0 Å². The number of thiophene rings is 1. The van der Waals surface area contributed by atoms with Crippen molar-refractivity contribution in [2.24, 2.45) is 0 Å². The highest BCUT2D eigenvalue weighted by atomic mass is 32.1. The van der Waals surface area contributed by atoms with Gasteiger partial charge in [-0.25, -0.2) is 14.4 Å². The zero-order chi connectivity index (χ0) is 17.9. The van der Waals surface area contributed by atoms with Gasteiger partial charge in [0.2, 0.25) is 11.8 Å². The summed E-state index contributed by atoms with van der Waals surface area (Å²) >= 11 is 1.58. The van der Waals surface area contributed by atoms with E-state index in [-0.39, 0.29) is 24.4 Å². The SMILES string of the molecule is O=C(Cc1ccsc1)N1Cc2cncn2[C@@H](COc2ncccc2F)C1. The molecule has 6 nitrogen and oxygen atoms in total. The fraction of sp³-hybridized carbons (Fsp3) is 0.278. The fourth-order valence-corrected chi connectivity index (χ4v) is 3.71. The normalized spacial score (nSPS) is 16.3. The van der Waals surface area contributed by atoms with Gasteiger partial charge in [0, 0.05) is 18.9 Å². The highest BCUT2D eigenvalue weighted by Crippen LogP contribution is 2.23. The zero-order valence-electron chi connectivity index (χ0n) is 13.9. The standard InChI is InChI=1S/C18H17FN4O2S/c19-16-2-1-4-21-18(16)25-10-15-9-22(8-14-7-20-12-23(14)15)17(24)6-13-3-5-26-11-13/h1-5,7,11-12,15H,6,8-10H2/t15-/m1/s1. The molecule has 1 atom stereocenters. The first-order valence-electron chi connectivity index (χ1n) is 8.23. The second-order valence-corrected chi connectivity index (χ2v) is 6.91. The van der Waals surface area contributed by atoms with Crippen molar-refractivity contribution < 1.29 is 13.9 Å². The maximum atomic E-state index is 13.7. The molecule has 8 heteroatoms. The third kappa shape index (κ3) is 3.45. The number of amides is 1. The Morgan fingerprint density at radius 3 is 3.15 bits per heavy atom. The van der Waals surface area contributed by atoms with Crippen molar-refractivity contribution in [2.75, 3.05) is 13.2 Å². The topological polar surface area (TPSA) is 60.2 Å². The molecule has 1 amide bonds. The van der Waals surface area contributed by atoms with E-state index in [1.807, 2.05) is 21.4 Å². The molecule has 4 heterocycles. The highest BCUT2D eigenvalue weighted by Gasteiger charge is 2.28. The molecular formula is C18H17FN4O2S. The summed E-state index contributed by atoms with van der Waals surface area (Å²) in [4.78, 5) is 22.5. The Labute approximate surface area is 153 Å². The van der Waals surface area contributed by atoms with Crippen LogP contribution in [-0.2, 0) is 17.8 Å². The minimum atomic E-state index is -0.500. The summed E-state index contributed by atoms with van der Waals surface area (Å²) in [5, 5.41) is 3.95. The molecule has 1 aliphatic rings. The Hall–Kier alpha value is -2.74. The van der Waals surface area contributed by atoms with Crippen LogP contribution in [0, 0.1) is 5.82 Å². The summed E-state index contributed by atoms with van der Waals surface area (Å²) in [6, 6.07) is 4.64. The van der Waals surface area contributed by atoms with Gasteiger partial charge in [-0.05, 0) is 34.5 Å². The van der Waals surface area contributed by atoms with Crippen molar-refractivity contribution in [1.29, 1.82) is 0 Å². The van der Waals surface area contributed by atoms with Gasteiger partial charge in [0.05, 0.1) is 31.0 Å². The molecule has 4 rings (SSSR count). The molecule has 0 radical (unpaired) electrons. The number of rotatable bonds is 5. The first-order valence-corrected chi connectivity index (χ1v) is 9.18. The van der Waals surface area contributed by atoms with Crippen LogP contribution in [0.25, 0.3) is 0 Å². The number of carbonyl (C=O) groups is 1. The molecule has 0 aliphatic carbocycles. The van der Waals surface area contributed by atoms with Crippen LogP contribution in [-0.4, -0.2) is 38.5 Å². The smallest absolute Gasteiger partial charge is 0.250 e. The lowest BCUT2D eigenvalue weighted by molar-refractivity contribution is -0.132. The zero-order valence-corrected chi connectivity index (χ0v) is 14.7. The summed E-state index contributed by atoms with van der Waals surface area (Å²) < 4.78 is 21.3. The van der Waals surface area contributed by atoms with Crippen LogP contribution in [0.4, 0.5) is 4.39 Å². The van der Waals surface area contributed by atoms with Crippen LogP contribution in [0.3, 0.4) is 0 Å². The summed E-state index contributed by atoms with van der Waals surface area (Å²) in [5.74, 6) is -0.472. The van der Waals surface area contributed by atoms with E-state index in [2.05, 4.69) is 9.97 Å². The molecule has 0 spiro atoms. The molecule has 0 saturated heterocycles. The predicted octanol–water partition coefficient (Wildman–Crippen LogP) is 2.68. The quantitative estimate of drug-likeness (QED) is 0.691. The van der Waals surface area contributed by atoms with E-state index in [9.17, 15) is 9.18 Å². The van der Waals surface area contributed by atoms with Crippen LogP contribution in [0.2, 0.25) is 0 Å². The first kappa shape index (κ1) is 16.7. The third-order valence-electron chi connectivity index (χ3n) is 4.35. The Morgan fingerprint density at radius 2 is 2.35 bits per heavy atom. The molecule has 0 fully saturated rings. The average molecular weight is 372 g/mol. The number of imidazole rings is 1. The summed E-state index contributed by atoms with van der Waals surface area (Å²) in [7, 11) is 0. The second kappa shape index (κ2) is 7.25. The number of halogens is 1. The molecule has 0 bridgehead atoms. The van der Waals surface area contributed by atoms with Crippen molar-refractivity contribution in [2.45, 2.75) is 19.0 Å². The molecule has 0 aromatic carbocycles. The van der Waals surface area contributed by atoms with Crippen LogP contribution in [0.15, 0.2) is 47.7 Å². The van der Waals surface area contributed by atoms with Crippen molar-refractivity contribution >= 4 is 17.2 Å². The molecule has 3 aromatic heterocycles. The molecule has 0 saturated carbocycles. The summed E-state index contributed by atoms with van der Waals surface area (Å²) in [6.45, 7) is 1.21. The maximum Gasteiger partial charge on any atom is 0.250 e. The van der Waals surface area contributed by atoms with Crippen molar-refractivity contribution in [3.05, 3.63) is 64.8 Å². The molecule has 1 aliphatic heterocycles. The molecule has 0 N–H and O–H groups in total. The molecular weight excluding hydrogens is 355 g/mol. The van der Waals surface area contributed by atoms with Crippen molar-refractivity contribution in [3.63, 3.8) is 0 Å². The minimum Gasteiger partial charge on any atom is -0.473 e. The largest absolute Gasteiger partial charge is 0.473 e. The average Bonchev–Trinajstić information content (AvgIpc) is 3.32. The van der Waals surface area contributed by atoms with E-state index >= 15 is 0 Å². The van der Waals surface area contributed by atoms with Gasteiger partial charge in [-0.3, -0.25) is 4.79 Å². The Morgan fingerprint density at radius 1 is 1.42 bits per heavy atom. The maximum absolute atomic E-state index is 13.7. The molecule has 26 heavy (non-hydrogen) atoms. The Kier molecular flexibility index (Phi) is 4.66. The molecule has 3 aromatic rings. The van der Waals surface area contributed by atoms with E-state index in [4.69, 9.17) is 4.74 Å². The van der Waals surface area contributed by atoms with Gasteiger partial charge in [0.15, 0.2) is 5.82 Å². The van der Waals surface area contributed by atoms with Crippen LogP contribution in [0.5, 0.6) is 5.88 Å². The summed E-state index contributed by atoms with van der Waals surface area (Å²) in [5.41, 5.74) is 1.95. The van der Waals surface area contributed by atoms with Gasteiger partial charge in [0.1, 0.15) is 6.61 Å². The number of pyridine rings is 1. The summed E-state index contributed by atoms with van der Waals surface area (Å²) in [6.07, 6.45) is 5.33. The second-order valence-electron chi connectivity index (χ2n) is 6.13. The lowest BCUT2D eigenvalue weighted by Crippen LogP contribution is -2.43. The van der Waals surface area contributed by atoms with E-state index in [0.717, 1.165) is 11.3 Å². The van der Waals surface area contributed by atoms with Crippen LogP contribution < -0.4 is 4.74 Å². The van der Waals surface area contributed by atoms with Crippen molar-refractivity contribution in [1.82, 2.24) is 19.4 Å². The van der Waals surface area contributed by atoms with Crippen molar-refractivity contribution in [3.8, 4) is 5.88 Å². The van der Waals surface area contributed by atoms with E-state index in [0.29, 0.717) is 19.5 Å². The number of fused-ring (bicyclic) bond motifs is 1. The molecule has 0 unspecified atom stereocenters. The number of aromatic nitrogens is 3. The van der Waals surface area contributed by atoms with Crippen LogP contribution in [0.1, 0.15) is 17.3 Å².